The molecule has 2 unspecified atom stereocenters. The lowest BCUT2D eigenvalue weighted by Crippen LogP contribution is -2.35. The van der Waals surface area contributed by atoms with Gasteiger partial charge in [0.2, 0.25) is 0 Å². The maximum absolute atomic E-state index is 11.4. The van der Waals surface area contributed by atoms with Crippen LogP contribution in [0.1, 0.15) is 26.2 Å². The normalized spacial score (nSPS) is 12.6. The monoisotopic (exact) mass is 497 g/mol. The summed E-state index contributed by atoms with van der Waals surface area (Å²) in [7, 11) is 0. The van der Waals surface area contributed by atoms with Gasteiger partial charge >= 0.3 is 35.9 Å². The van der Waals surface area contributed by atoms with Crippen molar-refractivity contribution in [1.82, 2.24) is 15.0 Å². The van der Waals surface area contributed by atoms with Crippen molar-refractivity contribution in [3.05, 3.63) is 0 Å². The summed E-state index contributed by atoms with van der Waals surface area (Å²) in [5.41, 5.74) is 0. The number of alkyl halides is 1. The number of aromatic nitrogens is 3. The Morgan fingerprint density at radius 2 is 1.52 bits per heavy atom. The second-order valence-electron chi connectivity index (χ2n) is 5.82. The number of esters is 1. The molecule has 1 aromatic heterocycles. The van der Waals surface area contributed by atoms with E-state index in [1.54, 1.807) is 6.26 Å². The number of aliphatic carboxylic acids is 2. The molecule has 0 amide bonds. The molecule has 0 aromatic carbocycles. The second-order valence-corrected chi connectivity index (χ2v) is 8.32. The number of hydrogen-bond donors (Lipinski definition) is 2. The van der Waals surface area contributed by atoms with Crippen molar-refractivity contribution < 1.29 is 38.8 Å². The molecule has 31 heavy (non-hydrogen) atoms. The Bertz CT molecular complexity index is 743. The van der Waals surface area contributed by atoms with Crippen LogP contribution in [0.5, 0.6) is 18.0 Å². The highest BCUT2D eigenvalue weighted by Crippen LogP contribution is 2.25. The summed E-state index contributed by atoms with van der Waals surface area (Å²) in [5.74, 6) is -3.17. The van der Waals surface area contributed by atoms with E-state index in [-0.39, 0.29) is 30.5 Å². The molecule has 11 nitrogen and oxygen atoms in total. The zero-order valence-electron chi connectivity index (χ0n) is 17.0. The van der Waals surface area contributed by atoms with Crippen molar-refractivity contribution in [2.45, 2.75) is 36.7 Å². The van der Waals surface area contributed by atoms with Crippen molar-refractivity contribution in [2.24, 2.45) is 0 Å². The van der Waals surface area contributed by atoms with Crippen molar-refractivity contribution in [2.75, 3.05) is 31.1 Å². The van der Waals surface area contributed by atoms with Crippen molar-refractivity contribution in [3.8, 4) is 18.0 Å². The lowest BCUT2D eigenvalue weighted by Gasteiger charge is -2.17. The van der Waals surface area contributed by atoms with Crippen LogP contribution in [-0.4, -0.2) is 84.7 Å². The number of ether oxygens (including phenoxy) is 3. The predicted molar refractivity (Wildman–Crippen MR) is 116 cm³/mol. The fraction of sp³-hybridized carbons (Fsp3) is 0.647. The quantitative estimate of drug-likeness (QED) is 0.194. The van der Waals surface area contributed by atoms with E-state index >= 15 is 0 Å². The summed E-state index contributed by atoms with van der Waals surface area (Å²) in [4.78, 5) is 45.7. The lowest BCUT2D eigenvalue weighted by molar-refractivity contribution is -0.142. The molecule has 1 rings (SSSR count). The second kappa shape index (κ2) is 14.9. The molecule has 0 aliphatic heterocycles. The summed E-state index contributed by atoms with van der Waals surface area (Å²) in [6.45, 7) is 2.46. The van der Waals surface area contributed by atoms with Crippen LogP contribution >= 0.6 is 35.1 Å². The molecule has 0 aliphatic carbocycles. The van der Waals surface area contributed by atoms with Gasteiger partial charge in [0, 0.05) is 0 Å². The molecule has 0 saturated heterocycles. The summed E-state index contributed by atoms with van der Waals surface area (Å²) < 4.78 is 15.7. The standard InChI is InChI=1S/C17H24ClN3O8S2/c1-3-4-6-27-15-19-16(21-17(20-15)29-10(22)9-18)28-7-5-8-31-12(14(25)26)11(30-2)13(23)24/h11-12H,3-9H2,1-2H3,(H,23,24)(H,25,26). The number of thioether (sulfide) groups is 2. The minimum Gasteiger partial charge on any atom is -0.480 e. The fourth-order valence-electron chi connectivity index (χ4n) is 2.01. The zero-order chi connectivity index (χ0) is 23.2. The van der Waals surface area contributed by atoms with Gasteiger partial charge in [0.15, 0.2) is 0 Å². The van der Waals surface area contributed by atoms with Crippen LogP contribution < -0.4 is 14.2 Å². The van der Waals surface area contributed by atoms with E-state index in [1.807, 2.05) is 6.92 Å². The summed E-state index contributed by atoms with van der Waals surface area (Å²) in [6.07, 6.45) is 3.61. The summed E-state index contributed by atoms with van der Waals surface area (Å²) in [5, 5.41) is 16.3. The van der Waals surface area contributed by atoms with E-state index in [1.165, 1.54) is 0 Å². The maximum atomic E-state index is 11.4. The van der Waals surface area contributed by atoms with E-state index in [4.69, 9.17) is 30.9 Å². The SMILES string of the molecule is CCCCOc1nc(OCCCSC(C(=O)O)C(SC)C(=O)O)nc(OC(=O)CCl)n1. The third kappa shape index (κ3) is 10.2. The van der Waals surface area contributed by atoms with Crippen molar-refractivity contribution in [3.63, 3.8) is 0 Å². The first kappa shape index (κ1) is 27.0. The first-order chi connectivity index (χ1) is 14.8. The van der Waals surface area contributed by atoms with E-state index < -0.39 is 28.4 Å². The largest absolute Gasteiger partial charge is 0.480 e. The molecule has 14 heteroatoms. The van der Waals surface area contributed by atoms with Gasteiger partial charge in [-0.2, -0.15) is 0 Å². The van der Waals surface area contributed by atoms with E-state index in [2.05, 4.69) is 15.0 Å². The predicted octanol–water partition coefficient (Wildman–Crippen LogP) is 1.97. The molecule has 1 heterocycles. The first-order valence-electron chi connectivity index (χ1n) is 9.20. The number of unbranched alkanes of at least 4 members (excludes halogenated alkanes) is 1. The molecule has 0 fully saturated rings. The third-order valence-electron chi connectivity index (χ3n) is 3.45. The number of carbonyl (C=O) groups is 3. The minimum absolute atomic E-state index is 0.0691. The van der Waals surface area contributed by atoms with Gasteiger partial charge in [-0.05, 0) is 24.9 Å². The summed E-state index contributed by atoms with van der Waals surface area (Å²) >= 11 is 7.39. The van der Waals surface area contributed by atoms with Crippen molar-refractivity contribution >= 4 is 53.0 Å². The Labute approximate surface area is 192 Å². The smallest absolute Gasteiger partial charge is 0.333 e. The van der Waals surface area contributed by atoms with Crippen LogP contribution in [0, 0.1) is 0 Å². The number of halogens is 1. The Hall–Kier alpha value is -1.99. The molecule has 0 bridgehead atoms. The zero-order valence-corrected chi connectivity index (χ0v) is 19.4. The molecule has 1 aromatic rings. The highest BCUT2D eigenvalue weighted by molar-refractivity contribution is 8.04. The molecule has 174 valence electrons. The molecular formula is C17H24ClN3O8S2. The molecule has 2 N–H and O–H groups in total. The van der Waals surface area contributed by atoms with Crippen LogP contribution in [0.15, 0.2) is 0 Å². The average Bonchev–Trinajstić information content (AvgIpc) is 2.72. The van der Waals surface area contributed by atoms with Gasteiger partial charge in [-0.15, -0.1) is 50.1 Å². The van der Waals surface area contributed by atoms with Gasteiger partial charge in [0.05, 0.1) is 13.2 Å². The Morgan fingerprint density at radius 1 is 0.968 bits per heavy atom. The number of nitrogens with zero attached hydrogens (tertiary/aromatic N) is 3. The molecule has 2 atom stereocenters. The summed E-state index contributed by atoms with van der Waals surface area (Å²) in [6, 6.07) is -0.515. The minimum atomic E-state index is -1.19. The van der Waals surface area contributed by atoms with Crippen LogP contribution in [0.4, 0.5) is 0 Å². The van der Waals surface area contributed by atoms with E-state index in [9.17, 15) is 19.5 Å². The van der Waals surface area contributed by atoms with Gasteiger partial charge < -0.3 is 24.4 Å². The van der Waals surface area contributed by atoms with Gasteiger partial charge in [-0.25, -0.2) is 0 Å². The van der Waals surface area contributed by atoms with Crippen LogP contribution in [-0.2, 0) is 14.4 Å². The van der Waals surface area contributed by atoms with Gasteiger partial charge in [-0.3, -0.25) is 14.4 Å². The highest BCUT2D eigenvalue weighted by atomic mass is 35.5. The first-order valence-corrected chi connectivity index (χ1v) is 12.1. The van der Waals surface area contributed by atoms with Crippen LogP contribution in [0.3, 0.4) is 0 Å². The number of hydrogen-bond acceptors (Lipinski definition) is 11. The van der Waals surface area contributed by atoms with E-state index in [0.29, 0.717) is 18.8 Å². The highest BCUT2D eigenvalue weighted by Gasteiger charge is 2.33. The Balaban J connectivity index is 2.66. The topological polar surface area (TPSA) is 158 Å². The van der Waals surface area contributed by atoms with Gasteiger partial charge in [0.25, 0.3) is 0 Å². The number of carboxylic acids is 2. The van der Waals surface area contributed by atoms with Gasteiger partial charge in [-0.1, -0.05) is 13.3 Å². The average molecular weight is 498 g/mol. The molecule has 0 saturated carbocycles. The molecule has 0 radical (unpaired) electrons. The van der Waals surface area contributed by atoms with E-state index in [0.717, 1.165) is 36.4 Å². The third-order valence-corrected chi connectivity index (χ3v) is 6.18. The molecular weight excluding hydrogens is 474 g/mol. The maximum Gasteiger partial charge on any atom is 0.333 e. The van der Waals surface area contributed by atoms with Crippen molar-refractivity contribution in [1.29, 1.82) is 0 Å². The number of carbonyl (C=O) groups excluding carboxylic acids is 1. The molecule has 0 aliphatic rings. The number of carboxylic acid groups (broad SMARTS) is 2. The lowest BCUT2D eigenvalue weighted by atomic mass is 10.3. The van der Waals surface area contributed by atoms with Crippen LogP contribution in [0.25, 0.3) is 0 Å². The Morgan fingerprint density at radius 3 is 2.00 bits per heavy atom. The van der Waals surface area contributed by atoms with Gasteiger partial charge in [0.1, 0.15) is 16.4 Å². The fourth-order valence-corrected chi connectivity index (χ4v) is 4.17. The Kier molecular flexibility index (Phi) is 13.0. The number of rotatable bonds is 16. The van der Waals surface area contributed by atoms with Crippen LogP contribution in [0.2, 0.25) is 0 Å². The molecule has 0 spiro atoms.